The molecule has 1 aliphatic rings. The van der Waals surface area contributed by atoms with Crippen LogP contribution in [0.25, 0.3) is 0 Å². The van der Waals surface area contributed by atoms with Crippen LogP contribution in [-0.2, 0) is 4.74 Å². The molecule has 0 radical (unpaired) electrons. The molecule has 1 unspecified atom stereocenters. The third kappa shape index (κ3) is 3.74. The van der Waals surface area contributed by atoms with Gasteiger partial charge in [-0.3, -0.25) is 0 Å². The van der Waals surface area contributed by atoms with E-state index in [0.717, 1.165) is 37.5 Å². The standard InChI is InChI=1S/C17H22N4O/c1-12-5-6-14(10-13(12)2)20-17-18-8-7-16(21-17)19-11-15-4-3-9-22-15/h5-8,10,15H,3-4,9,11H2,1-2H3,(H2,18,19,20,21). The Kier molecular flexibility index (Phi) is 4.53. The molecule has 0 spiro atoms. The largest absolute Gasteiger partial charge is 0.376 e. The van der Waals surface area contributed by atoms with Gasteiger partial charge in [0.1, 0.15) is 5.82 Å². The quantitative estimate of drug-likeness (QED) is 0.885. The van der Waals surface area contributed by atoms with Gasteiger partial charge in [0.15, 0.2) is 0 Å². The summed E-state index contributed by atoms with van der Waals surface area (Å²) < 4.78 is 5.60. The summed E-state index contributed by atoms with van der Waals surface area (Å²) in [5, 5.41) is 6.56. The van der Waals surface area contributed by atoms with Crippen LogP contribution in [-0.4, -0.2) is 29.2 Å². The number of hydrogen-bond acceptors (Lipinski definition) is 5. The number of nitrogens with zero attached hydrogens (tertiary/aromatic N) is 2. The van der Waals surface area contributed by atoms with E-state index in [1.165, 1.54) is 11.1 Å². The Balaban J connectivity index is 1.63. The summed E-state index contributed by atoms with van der Waals surface area (Å²) in [7, 11) is 0. The highest BCUT2D eigenvalue weighted by Gasteiger charge is 2.15. The molecule has 2 heterocycles. The lowest BCUT2D eigenvalue weighted by atomic mass is 10.1. The summed E-state index contributed by atoms with van der Waals surface area (Å²) in [5.41, 5.74) is 3.52. The van der Waals surface area contributed by atoms with Gasteiger partial charge in [0.25, 0.3) is 0 Å². The molecule has 1 atom stereocenters. The maximum Gasteiger partial charge on any atom is 0.229 e. The van der Waals surface area contributed by atoms with Gasteiger partial charge in [-0.05, 0) is 56.0 Å². The zero-order valence-corrected chi connectivity index (χ0v) is 13.1. The van der Waals surface area contributed by atoms with Crippen LogP contribution in [0.4, 0.5) is 17.5 Å². The lowest BCUT2D eigenvalue weighted by molar-refractivity contribution is 0.120. The second-order valence-electron chi connectivity index (χ2n) is 5.71. The van der Waals surface area contributed by atoms with Crippen molar-refractivity contribution in [1.82, 2.24) is 9.97 Å². The number of aromatic nitrogens is 2. The number of anilines is 3. The molecule has 3 rings (SSSR count). The zero-order valence-electron chi connectivity index (χ0n) is 13.1. The minimum absolute atomic E-state index is 0.297. The van der Waals surface area contributed by atoms with Gasteiger partial charge in [-0.1, -0.05) is 6.07 Å². The lowest BCUT2D eigenvalue weighted by Crippen LogP contribution is -2.19. The first kappa shape index (κ1) is 14.8. The average molecular weight is 298 g/mol. The predicted molar refractivity (Wildman–Crippen MR) is 88.7 cm³/mol. The fourth-order valence-electron chi connectivity index (χ4n) is 2.49. The van der Waals surface area contributed by atoms with E-state index < -0.39 is 0 Å². The molecule has 2 aromatic rings. The van der Waals surface area contributed by atoms with Gasteiger partial charge in [0.2, 0.25) is 5.95 Å². The average Bonchev–Trinajstić information content (AvgIpc) is 3.03. The SMILES string of the molecule is Cc1ccc(Nc2nccc(NCC3CCCO3)n2)cc1C. The third-order valence-electron chi connectivity index (χ3n) is 3.95. The number of ether oxygens (including phenoxy) is 1. The highest BCUT2D eigenvalue weighted by Crippen LogP contribution is 2.18. The van der Waals surface area contributed by atoms with Gasteiger partial charge in [0, 0.05) is 25.0 Å². The Labute approximate surface area is 131 Å². The number of nitrogens with one attached hydrogen (secondary N) is 2. The molecule has 0 amide bonds. The van der Waals surface area contributed by atoms with Crippen LogP contribution in [0.1, 0.15) is 24.0 Å². The van der Waals surface area contributed by atoms with Crippen LogP contribution in [0.5, 0.6) is 0 Å². The van der Waals surface area contributed by atoms with Crippen molar-refractivity contribution in [3.63, 3.8) is 0 Å². The first-order valence-corrected chi connectivity index (χ1v) is 7.73. The minimum Gasteiger partial charge on any atom is -0.376 e. The molecule has 116 valence electrons. The third-order valence-corrected chi connectivity index (χ3v) is 3.95. The highest BCUT2D eigenvalue weighted by atomic mass is 16.5. The van der Waals surface area contributed by atoms with Crippen LogP contribution in [0.15, 0.2) is 30.5 Å². The molecule has 0 bridgehead atoms. The van der Waals surface area contributed by atoms with Crippen molar-refractivity contribution in [1.29, 1.82) is 0 Å². The maximum atomic E-state index is 5.60. The Morgan fingerprint density at radius 1 is 1.23 bits per heavy atom. The van der Waals surface area contributed by atoms with Gasteiger partial charge in [0.05, 0.1) is 6.10 Å². The van der Waals surface area contributed by atoms with Gasteiger partial charge in [-0.15, -0.1) is 0 Å². The van der Waals surface area contributed by atoms with Gasteiger partial charge in [-0.25, -0.2) is 4.98 Å². The normalized spacial score (nSPS) is 17.5. The van der Waals surface area contributed by atoms with E-state index in [1.54, 1.807) is 6.20 Å². The molecular weight excluding hydrogens is 276 g/mol. The van der Waals surface area contributed by atoms with Gasteiger partial charge >= 0.3 is 0 Å². The van der Waals surface area contributed by atoms with Crippen LogP contribution >= 0.6 is 0 Å². The smallest absolute Gasteiger partial charge is 0.229 e. The number of benzene rings is 1. The summed E-state index contributed by atoms with van der Waals surface area (Å²) in [6.45, 7) is 5.86. The van der Waals surface area contributed by atoms with Crippen LogP contribution in [0.3, 0.4) is 0 Å². The van der Waals surface area contributed by atoms with E-state index in [1.807, 2.05) is 12.1 Å². The van der Waals surface area contributed by atoms with Crippen molar-refractivity contribution in [2.45, 2.75) is 32.8 Å². The second-order valence-corrected chi connectivity index (χ2v) is 5.71. The Morgan fingerprint density at radius 2 is 2.14 bits per heavy atom. The van der Waals surface area contributed by atoms with E-state index in [9.17, 15) is 0 Å². The molecule has 22 heavy (non-hydrogen) atoms. The van der Waals surface area contributed by atoms with Crippen LogP contribution in [0, 0.1) is 13.8 Å². The number of hydrogen-bond donors (Lipinski definition) is 2. The lowest BCUT2D eigenvalue weighted by Gasteiger charge is -2.12. The molecule has 1 fully saturated rings. The topological polar surface area (TPSA) is 59.1 Å². The van der Waals surface area contributed by atoms with Crippen molar-refractivity contribution < 1.29 is 4.74 Å². The molecule has 1 aromatic carbocycles. The Hall–Kier alpha value is -2.14. The molecule has 1 aliphatic heterocycles. The Morgan fingerprint density at radius 3 is 2.91 bits per heavy atom. The monoisotopic (exact) mass is 298 g/mol. The predicted octanol–water partition coefficient (Wildman–Crippen LogP) is 3.43. The van der Waals surface area contributed by atoms with E-state index in [0.29, 0.717) is 12.1 Å². The minimum atomic E-state index is 0.297. The molecule has 1 aromatic heterocycles. The Bertz CT molecular complexity index is 638. The molecule has 1 saturated heterocycles. The summed E-state index contributed by atoms with van der Waals surface area (Å²) in [4.78, 5) is 8.77. The molecule has 5 heteroatoms. The fourth-order valence-corrected chi connectivity index (χ4v) is 2.49. The van der Waals surface area contributed by atoms with E-state index in [2.05, 4.69) is 46.6 Å². The summed E-state index contributed by atoms with van der Waals surface area (Å²) in [6.07, 6.45) is 4.32. The number of aryl methyl sites for hydroxylation is 2. The molecule has 0 aliphatic carbocycles. The van der Waals surface area contributed by atoms with Crippen molar-refractivity contribution in [2.75, 3.05) is 23.8 Å². The van der Waals surface area contributed by atoms with Crippen molar-refractivity contribution in [3.05, 3.63) is 41.6 Å². The van der Waals surface area contributed by atoms with Gasteiger partial charge in [-0.2, -0.15) is 4.98 Å². The summed E-state index contributed by atoms with van der Waals surface area (Å²) in [6, 6.07) is 8.11. The molecule has 2 N–H and O–H groups in total. The summed E-state index contributed by atoms with van der Waals surface area (Å²) >= 11 is 0. The summed E-state index contributed by atoms with van der Waals surface area (Å²) in [5.74, 6) is 1.41. The van der Waals surface area contributed by atoms with Crippen molar-refractivity contribution in [3.8, 4) is 0 Å². The van der Waals surface area contributed by atoms with Crippen molar-refractivity contribution in [2.24, 2.45) is 0 Å². The molecular formula is C17H22N4O. The van der Waals surface area contributed by atoms with Crippen LogP contribution < -0.4 is 10.6 Å². The highest BCUT2D eigenvalue weighted by molar-refractivity contribution is 5.56. The van der Waals surface area contributed by atoms with Crippen LogP contribution in [0.2, 0.25) is 0 Å². The van der Waals surface area contributed by atoms with E-state index in [-0.39, 0.29) is 0 Å². The second kappa shape index (κ2) is 6.75. The van der Waals surface area contributed by atoms with Crippen molar-refractivity contribution >= 4 is 17.5 Å². The maximum absolute atomic E-state index is 5.60. The molecule has 0 saturated carbocycles. The molecule has 5 nitrogen and oxygen atoms in total. The van der Waals surface area contributed by atoms with Gasteiger partial charge < -0.3 is 15.4 Å². The first-order valence-electron chi connectivity index (χ1n) is 7.73. The zero-order chi connectivity index (χ0) is 15.4. The van der Waals surface area contributed by atoms with E-state index >= 15 is 0 Å². The fraction of sp³-hybridized carbons (Fsp3) is 0.412. The first-order chi connectivity index (χ1) is 10.7. The number of rotatable bonds is 5. The van der Waals surface area contributed by atoms with E-state index in [4.69, 9.17) is 4.74 Å².